The molecule has 11 nitrogen and oxygen atoms in total. The van der Waals surface area contributed by atoms with Crippen LogP contribution >= 0.6 is 7.45 Å². The quantitative estimate of drug-likeness (QED) is 0.0469. The van der Waals surface area contributed by atoms with Gasteiger partial charge in [0.1, 0.15) is 5.69 Å². The molecule has 0 bridgehead atoms. The van der Waals surface area contributed by atoms with Crippen LogP contribution in [0.15, 0.2) is 18.3 Å². The first-order valence-corrected chi connectivity index (χ1v) is 30.1. The Morgan fingerprint density at radius 2 is 0.824 bits per heavy atom. The van der Waals surface area contributed by atoms with Crippen LogP contribution in [0.3, 0.4) is 0 Å². The smallest absolute Gasteiger partial charge is 0.243 e. The summed E-state index contributed by atoms with van der Waals surface area (Å²) >= 11 is 0. The number of unbranched alkanes of at least 4 members (excludes halogenated alkanes) is 27. The molecule has 0 fully saturated rings. The highest BCUT2D eigenvalue weighted by Crippen LogP contribution is 2.42. The lowest BCUT2D eigenvalue weighted by atomic mass is 10.1. The molecule has 0 aliphatic heterocycles. The van der Waals surface area contributed by atoms with Crippen LogP contribution in [0.5, 0.6) is 17.2 Å². The molecule has 1 aromatic heterocycles. The predicted molar refractivity (Wildman–Crippen MR) is 279 cm³/mol. The number of ether oxygens (including phenoxy) is 7. The van der Waals surface area contributed by atoms with Crippen LogP contribution in [0, 0.1) is 0 Å². The van der Waals surface area contributed by atoms with Gasteiger partial charge in [-0.2, -0.15) is 4.20 Å². The van der Waals surface area contributed by atoms with Gasteiger partial charge in [0.25, 0.3) is 0 Å². The van der Waals surface area contributed by atoms with Gasteiger partial charge < -0.3 is 33.2 Å². The molecule has 1 aromatic carbocycles. The molecule has 0 radical (unpaired) electrons. The highest BCUT2D eigenvalue weighted by atomic mass is 31.2. The first kappa shape index (κ1) is 61.9. The maximum Gasteiger partial charge on any atom is 0.243 e. The molecule has 0 aliphatic rings. The van der Waals surface area contributed by atoms with Crippen molar-refractivity contribution in [2.45, 2.75) is 227 Å². The van der Waals surface area contributed by atoms with Gasteiger partial charge >= 0.3 is 0 Å². The monoisotopic (exact) mass is 982 g/mol. The maximum absolute atomic E-state index is 13.1. The van der Waals surface area contributed by atoms with Crippen molar-refractivity contribution >= 4 is 7.45 Å². The van der Waals surface area contributed by atoms with Crippen LogP contribution in [-0.2, 0) is 36.7 Å². The molecule has 13 heteroatoms. The zero-order valence-corrected chi connectivity index (χ0v) is 45.0. The summed E-state index contributed by atoms with van der Waals surface area (Å²) in [5, 5.41) is 8.82. The Labute approximate surface area is 415 Å². The number of benzene rings is 1. The van der Waals surface area contributed by atoms with E-state index in [2.05, 4.69) is 43.2 Å². The van der Waals surface area contributed by atoms with Gasteiger partial charge in [0.2, 0.25) is 13.2 Å². The minimum atomic E-state index is -3.53. The molecule has 396 valence electrons. The van der Waals surface area contributed by atoms with Crippen LogP contribution in [0.2, 0.25) is 0 Å². The zero-order chi connectivity index (χ0) is 48.9. The Morgan fingerprint density at radius 3 is 1.22 bits per heavy atom. The summed E-state index contributed by atoms with van der Waals surface area (Å²) in [5.74, 6) is 2.25. The molecule has 0 saturated carbocycles. The molecule has 1 atom stereocenters. The Kier molecular flexibility index (Phi) is 40.7. The summed E-state index contributed by atoms with van der Waals surface area (Å²) in [5.41, 5.74) is 1.77. The van der Waals surface area contributed by atoms with E-state index in [1.54, 1.807) is 0 Å². The van der Waals surface area contributed by atoms with Gasteiger partial charge in [0, 0.05) is 6.66 Å². The van der Waals surface area contributed by atoms with Crippen LogP contribution in [0.25, 0.3) is 0 Å². The van der Waals surface area contributed by atoms with Crippen molar-refractivity contribution in [3.8, 4) is 17.2 Å². The van der Waals surface area contributed by atoms with E-state index in [0.717, 1.165) is 54.4 Å². The van der Waals surface area contributed by atoms with E-state index in [4.69, 9.17) is 33.2 Å². The Bertz CT molecular complexity index is 1410. The van der Waals surface area contributed by atoms with Gasteiger partial charge in [-0.05, 0) is 37.0 Å². The second-order valence-electron chi connectivity index (χ2n) is 19.0. The molecule has 68 heavy (non-hydrogen) atoms. The van der Waals surface area contributed by atoms with E-state index < -0.39 is 7.45 Å². The summed E-state index contributed by atoms with van der Waals surface area (Å²) in [6.45, 7) is 13.2. The highest BCUT2D eigenvalue weighted by Gasteiger charge is 2.17. The second-order valence-corrected chi connectivity index (χ2v) is 21.4. The fourth-order valence-electron chi connectivity index (χ4n) is 8.12. The number of aromatic nitrogens is 3. The van der Waals surface area contributed by atoms with E-state index >= 15 is 0 Å². The van der Waals surface area contributed by atoms with Gasteiger partial charge in [0.15, 0.2) is 11.5 Å². The molecular weight excluding hydrogens is 881 g/mol. The highest BCUT2D eigenvalue weighted by molar-refractivity contribution is 7.57. The van der Waals surface area contributed by atoms with Crippen molar-refractivity contribution in [2.75, 3.05) is 78.9 Å². The molecule has 0 N–H and O–H groups in total. The van der Waals surface area contributed by atoms with Gasteiger partial charge in [-0.1, -0.05) is 199 Å². The number of hydrogen-bond acceptors (Lipinski definition) is 10. The van der Waals surface area contributed by atoms with Crippen molar-refractivity contribution in [1.82, 2.24) is 15.0 Å². The van der Waals surface area contributed by atoms with Crippen molar-refractivity contribution in [1.29, 1.82) is 0 Å². The number of nitrogens with zero attached hydrogens (tertiary/aromatic N) is 3. The van der Waals surface area contributed by atoms with Gasteiger partial charge in [-0.15, -0.1) is 5.10 Å². The Balaban J connectivity index is 1.99. The predicted octanol–water partition coefficient (Wildman–Crippen LogP) is 15.7. The van der Waals surface area contributed by atoms with Crippen LogP contribution < -0.4 is 14.2 Å². The molecule has 0 amide bonds. The standard InChI is InChI=1S/C55H101FN3O8P/c1-5-8-11-14-17-20-23-26-29-32-35-65-53-46-51(48-59-49-52(57-58-59)50-64-43-42-62-39-38-61-40-41-63-44-45-68(4,56)60)47-54(66-36-33-30-27-24-21-18-15-12-9-6-2)55(53)67-37-34-31-28-25-22-19-16-13-10-7-3/h46-47,49H,5-45,48,50H2,1-4H3. The van der Waals surface area contributed by atoms with E-state index in [-0.39, 0.29) is 12.8 Å². The molecular formula is C55H101FN3O8P. The second kappa shape index (κ2) is 44.7. The lowest BCUT2D eigenvalue weighted by molar-refractivity contribution is -0.00313. The number of hydrogen-bond donors (Lipinski definition) is 0. The van der Waals surface area contributed by atoms with Gasteiger partial charge in [-0.3, -0.25) is 4.57 Å². The topological polar surface area (TPSA) is 112 Å². The van der Waals surface area contributed by atoms with Crippen LogP contribution in [-0.4, -0.2) is 93.9 Å². The fraction of sp³-hybridized carbons (Fsp3) is 0.855. The first-order chi connectivity index (χ1) is 33.4. The van der Waals surface area contributed by atoms with Crippen molar-refractivity contribution in [2.24, 2.45) is 0 Å². The zero-order valence-electron chi connectivity index (χ0n) is 44.1. The largest absolute Gasteiger partial charge is 0.490 e. The molecule has 0 aliphatic carbocycles. The molecule has 1 unspecified atom stereocenters. The third kappa shape index (κ3) is 36.7. The maximum atomic E-state index is 13.1. The normalized spacial score (nSPS) is 12.5. The lowest BCUT2D eigenvalue weighted by Gasteiger charge is -2.19. The minimum Gasteiger partial charge on any atom is -0.490 e. The van der Waals surface area contributed by atoms with E-state index in [0.29, 0.717) is 72.6 Å². The fourth-order valence-corrected chi connectivity index (χ4v) is 8.57. The summed E-state index contributed by atoms with van der Waals surface area (Å²) in [6, 6.07) is 4.22. The molecule has 0 spiro atoms. The van der Waals surface area contributed by atoms with Crippen molar-refractivity contribution < 1.29 is 41.9 Å². The first-order valence-electron chi connectivity index (χ1n) is 27.9. The van der Waals surface area contributed by atoms with Crippen molar-refractivity contribution in [3.05, 3.63) is 29.6 Å². The SMILES string of the molecule is CCCCCCCCCCCCOc1cc(Cn2cc(COCCOCCOCCOCCP(C)(=O)F)nn2)cc(OCCCCCCCCCCCC)c1OCCCCCCCCCCCC. The van der Waals surface area contributed by atoms with Gasteiger partial charge in [-0.25, -0.2) is 4.68 Å². The summed E-state index contributed by atoms with van der Waals surface area (Å²) in [7, 11) is -3.53. The minimum absolute atomic E-state index is 0.0682. The van der Waals surface area contributed by atoms with Crippen LogP contribution in [0.1, 0.15) is 225 Å². The molecule has 2 rings (SSSR count). The number of rotatable bonds is 52. The lowest BCUT2D eigenvalue weighted by Crippen LogP contribution is -2.12. The third-order valence-electron chi connectivity index (χ3n) is 12.3. The summed E-state index contributed by atoms with van der Waals surface area (Å²) in [6.07, 6.45) is 40.4. The van der Waals surface area contributed by atoms with Gasteiger partial charge in [0.05, 0.1) is 91.6 Å². The van der Waals surface area contributed by atoms with E-state index in [1.807, 2.05) is 10.9 Å². The van der Waals surface area contributed by atoms with E-state index in [1.165, 1.54) is 173 Å². The average molecular weight is 982 g/mol. The molecule has 1 heterocycles. The number of halogens is 1. The van der Waals surface area contributed by atoms with Crippen LogP contribution in [0.4, 0.5) is 4.20 Å². The summed E-state index contributed by atoms with van der Waals surface area (Å²) in [4.78, 5) is 0. The molecule has 0 saturated heterocycles. The Hall–Kier alpha value is -2.24. The molecule has 2 aromatic rings. The Morgan fingerprint density at radius 1 is 0.471 bits per heavy atom. The van der Waals surface area contributed by atoms with Crippen molar-refractivity contribution in [3.63, 3.8) is 0 Å². The van der Waals surface area contributed by atoms with E-state index in [9.17, 15) is 8.76 Å². The summed E-state index contributed by atoms with van der Waals surface area (Å²) < 4.78 is 68.0. The third-order valence-corrected chi connectivity index (χ3v) is 13.2. The average Bonchev–Trinajstić information content (AvgIpc) is 3.77.